The Morgan fingerprint density at radius 2 is 2.04 bits per heavy atom. The fourth-order valence-corrected chi connectivity index (χ4v) is 3.11. The minimum Gasteiger partial charge on any atom is -0.458 e. The molecule has 2 heterocycles. The van der Waals surface area contributed by atoms with Gasteiger partial charge in [-0.05, 0) is 44.1 Å². The lowest BCUT2D eigenvalue weighted by Crippen LogP contribution is -2.48. The molecule has 1 fully saturated rings. The molecule has 2 aliphatic heterocycles. The molecule has 1 saturated heterocycles. The molecule has 1 aromatic rings. The summed E-state index contributed by atoms with van der Waals surface area (Å²) in [5.74, 6) is -0.464. The summed E-state index contributed by atoms with van der Waals surface area (Å²) in [4.78, 5) is 26.1. The highest BCUT2D eigenvalue weighted by molar-refractivity contribution is 6.03. The third-order valence-corrected chi connectivity index (χ3v) is 4.21. The van der Waals surface area contributed by atoms with Crippen molar-refractivity contribution in [2.24, 2.45) is 0 Å². The van der Waals surface area contributed by atoms with Crippen molar-refractivity contribution in [2.75, 3.05) is 36.5 Å². The maximum Gasteiger partial charge on any atom is 0.338 e. The smallest absolute Gasteiger partial charge is 0.338 e. The lowest BCUT2D eigenvalue weighted by molar-refractivity contribution is -0.115. The molecule has 138 valence electrons. The molecular weight excluding hydrogens is 365 g/mol. The van der Waals surface area contributed by atoms with E-state index in [1.54, 1.807) is 12.1 Å². The lowest BCUT2D eigenvalue weighted by Gasteiger charge is -2.39. The molecule has 0 saturated carbocycles. The van der Waals surface area contributed by atoms with Crippen molar-refractivity contribution in [1.29, 1.82) is 0 Å². The van der Waals surface area contributed by atoms with Crippen molar-refractivity contribution in [3.8, 4) is 0 Å². The van der Waals surface area contributed by atoms with E-state index in [0.29, 0.717) is 23.8 Å². The number of benzene rings is 1. The number of rotatable bonds is 4. The van der Waals surface area contributed by atoms with Crippen LogP contribution in [0.2, 0.25) is 0 Å². The molecular formula is C17H23Cl2N3O3. The van der Waals surface area contributed by atoms with Gasteiger partial charge in [-0.25, -0.2) is 4.79 Å². The monoisotopic (exact) mass is 387 g/mol. The zero-order valence-electron chi connectivity index (χ0n) is 13.8. The number of piperidine rings is 1. The normalized spacial score (nSPS) is 16.6. The standard InChI is InChI=1S/C17H21N3O3.2ClH/c1-2-9-23-17(22)12-3-4-15-14(10-12)19-16(21)11-20(15)13-5-7-18-8-6-13;;/h2-4,10,13,18H,1,5-9,11H2,(H,19,21);2*1H. The third kappa shape index (κ3) is 4.87. The number of esters is 1. The summed E-state index contributed by atoms with van der Waals surface area (Å²) in [5.41, 5.74) is 2.07. The number of carbonyl (C=O) groups is 2. The molecule has 25 heavy (non-hydrogen) atoms. The number of amides is 1. The van der Waals surface area contributed by atoms with E-state index in [9.17, 15) is 9.59 Å². The first kappa shape index (κ1) is 21.3. The molecule has 1 aromatic carbocycles. The van der Waals surface area contributed by atoms with Gasteiger partial charge in [0.2, 0.25) is 5.91 Å². The van der Waals surface area contributed by atoms with Crippen LogP contribution in [0.15, 0.2) is 30.9 Å². The van der Waals surface area contributed by atoms with Crippen molar-refractivity contribution >= 4 is 48.1 Å². The molecule has 3 rings (SSSR count). The average molecular weight is 388 g/mol. The van der Waals surface area contributed by atoms with Crippen LogP contribution in [0.3, 0.4) is 0 Å². The van der Waals surface area contributed by atoms with Crippen LogP contribution in [0, 0.1) is 0 Å². The number of carbonyl (C=O) groups excluding carboxylic acids is 2. The summed E-state index contributed by atoms with van der Waals surface area (Å²) < 4.78 is 5.05. The van der Waals surface area contributed by atoms with Crippen LogP contribution < -0.4 is 15.5 Å². The molecule has 2 aliphatic rings. The second kappa shape index (κ2) is 9.65. The Morgan fingerprint density at radius 3 is 2.72 bits per heavy atom. The van der Waals surface area contributed by atoms with Gasteiger partial charge in [0, 0.05) is 6.04 Å². The maximum atomic E-state index is 12.0. The Balaban J connectivity index is 0.00000156. The first-order valence-electron chi connectivity index (χ1n) is 7.88. The van der Waals surface area contributed by atoms with Crippen molar-refractivity contribution < 1.29 is 14.3 Å². The van der Waals surface area contributed by atoms with Crippen LogP contribution in [0.1, 0.15) is 23.2 Å². The maximum absolute atomic E-state index is 12.0. The van der Waals surface area contributed by atoms with E-state index in [-0.39, 0.29) is 37.3 Å². The Labute approximate surface area is 159 Å². The number of fused-ring (bicyclic) bond motifs is 1. The van der Waals surface area contributed by atoms with Crippen LogP contribution in [-0.2, 0) is 9.53 Å². The number of anilines is 2. The first-order valence-corrected chi connectivity index (χ1v) is 7.88. The fourth-order valence-electron chi connectivity index (χ4n) is 3.11. The number of ether oxygens (including phenoxy) is 1. The summed E-state index contributed by atoms with van der Waals surface area (Å²) >= 11 is 0. The third-order valence-electron chi connectivity index (χ3n) is 4.21. The zero-order chi connectivity index (χ0) is 16.2. The Hall–Kier alpha value is -1.76. The summed E-state index contributed by atoms with van der Waals surface area (Å²) in [6.45, 7) is 5.98. The van der Waals surface area contributed by atoms with Crippen LogP contribution in [0.5, 0.6) is 0 Å². The van der Waals surface area contributed by atoms with Gasteiger partial charge >= 0.3 is 5.97 Å². The number of nitrogens with zero attached hydrogens (tertiary/aromatic N) is 1. The Morgan fingerprint density at radius 1 is 1.32 bits per heavy atom. The summed E-state index contributed by atoms with van der Waals surface area (Å²) in [6, 6.07) is 5.67. The number of hydrogen-bond donors (Lipinski definition) is 2. The largest absolute Gasteiger partial charge is 0.458 e. The zero-order valence-corrected chi connectivity index (χ0v) is 15.5. The quantitative estimate of drug-likeness (QED) is 0.612. The van der Waals surface area contributed by atoms with Crippen LogP contribution in [0.25, 0.3) is 0 Å². The highest BCUT2D eigenvalue weighted by Gasteiger charge is 2.29. The van der Waals surface area contributed by atoms with E-state index < -0.39 is 5.97 Å². The molecule has 0 aromatic heterocycles. The number of hydrogen-bond acceptors (Lipinski definition) is 5. The van der Waals surface area contributed by atoms with Gasteiger partial charge in [-0.3, -0.25) is 4.79 Å². The predicted molar refractivity (Wildman–Crippen MR) is 103 cm³/mol. The molecule has 8 heteroatoms. The lowest BCUT2D eigenvalue weighted by atomic mass is 10.0. The van der Waals surface area contributed by atoms with Gasteiger partial charge in [-0.15, -0.1) is 24.8 Å². The van der Waals surface area contributed by atoms with Crippen LogP contribution in [0.4, 0.5) is 11.4 Å². The molecule has 0 bridgehead atoms. The van der Waals surface area contributed by atoms with Gasteiger partial charge in [-0.2, -0.15) is 0 Å². The SMILES string of the molecule is C=CCOC(=O)c1ccc2c(c1)NC(=O)CN2C1CCNCC1.Cl.Cl. The molecule has 6 nitrogen and oxygen atoms in total. The van der Waals surface area contributed by atoms with Crippen LogP contribution in [-0.4, -0.2) is 44.2 Å². The number of nitrogens with one attached hydrogen (secondary N) is 2. The van der Waals surface area contributed by atoms with E-state index in [0.717, 1.165) is 31.6 Å². The van der Waals surface area contributed by atoms with E-state index >= 15 is 0 Å². The average Bonchev–Trinajstić information content (AvgIpc) is 2.59. The molecule has 2 N–H and O–H groups in total. The van der Waals surface area contributed by atoms with Crippen molar-refractivity contribution in [2.45, 2.75) is 18.9 Å². The summed E-state index contributed by atoms with van der Waals surface area (Å²) in [6.07, 6.45) is 3.54. The highest BCUT2D eigenvalue weighted by atomic mass is 35.5. The van der Waals surface area contributed by atoms with Crippen molar-refractivity contribution in [1.82, 2.24) is 5.32 Å². The van der Waals surface area contributed by atoms with E-state index in [1.165, 1.54) is 6.08 Å². The first-order chi connectivity index (χ1) is 11.2. The topological polar surface area (TPSA) is 70.7 Å². The molecule has 1 amide bonds. The fraction of sp³-hybridized carbons (Fsp3) is 0.412. The summed E-state index contributed by atoms with van der Waals surface area (Å²) in [5, 5.41) is 6.19. The van der Waals surface area contributed by atoms with Gasteiger partial charge in [0.05, 0.1) is 23.5 Å². The molecule has 0 atom stereocenters. The van der Waals surface area contributed by atoms with Gasteiger partial charge in [0.15, 0.2) is 0 Å². The predicted octanol–water partition coefficient (Wildman–Crippen LogP) is 2.38. The minimum atomic E-state index is -0.416. The molecule has 0 aliphatic carbocycles. The van der Waals surface area contributed by atoms with Crippen LogP contribution >= 0.6 is 24.8 Å². The molecule has 0 radical (unpaired) electrons. The second-order valence-electron chi connectivity index (χ2n) is 5.78. The van der Waals surface area contributed by atoms with Gasteiger partial charge in [0.25, 0.3) is 0 Å². The summed E-state index contributed by atoms with van der Waals surface area (Å²) in [7, 11) is 0. The second-order valence-corrected chi connectivity index (χ2v) is 5.78. The van der Waals surface area contributed by atoms with Crippen molar-refractivity contribution in [3.63, 3.8) is 0 Å². The van der Waals surface area contributed by atoms with E-state index in [2.05, 4.69) is 22.1 Å². The van der Waals surface area contributed by atoms with E-state index in [1.807, 2.05) is 6.07 Å². The van der Waals surface area contributed by atoms with Crippen molar-refractivity contribution in [3.05, 3.63) is 36.4 Å². The van der Waals surface area contributed by atoms with E-state index in [4.69, 9.17) is 4.74 Å². The minimum absolute atomic E-state index is 0. The molecule has 0 unspecified atom stereocenters. The molecule has 0 spiro atoms. The van der Waals surface area contributed by atoms with Gasteiger partial charge in [0.1, 0.15) is 6.61 Å². The number of halogens is 2. The van der Waals surface area contributed by atoms with Gasteiger partial charge in [-0.1, -0.05) is 12.7 Å². The Bertz CT molecular complexity index is 634. The highest BCUT2D eigenvalue weighted by Crippen LogP contribution is 2.33. The van der Waals surface area contributed by atoms with Gasteiger partial charge < -0.3 is 20.3 Å². The Kier molecular flexibility index (Phi) is 8.22.